The maximum Gasteiger partial charge on any atom is 0.227 e. The molecule has 1 heterocycles. The molecule has 2 aromatic rings. The number of halogens is 2. The van der Waals surface area contributed by atoms with E-state index in [-0.39, 0.29) is 31.2 Å². The SMILES string of the molecule is O=C(Cc1ccccc1Cl)N1CCN(S(=O)(=O)Cc2cccc(F)c2)CC1. The second-order valence-corrected chi connectivity index (χ2v) is 8.81. The van der Waals surface area contributed by atoms with Crippen molar-refractivity contribution in [1.82, 2.24) is 9.21 Å². The minimum atomic E-state index is -3.56. The van der Waals surface area contributed by atoms with E-state index in [1.807, 2.05) is 6.07 Å². The van der Waals surface area contributed by atoms with Gasteiger partial charge in [0.1, 0.15) is 5.82 Å². The van der Waals surface area contributed by atoms with Crippen molar-refractivity contribution in [3.63, 3.8) is 0 Å². The first-order valence-electron chi connectivity index (χ1n) is 8.58. The summed E-state index contributed by atoms with van der Waals surface area (Å²) < 4.78 is 39.8. The highest BCUT2D eigenvalue weighted by Crippen LogP contribution is 2.18. The summed E-state index contributed by atoms with van der Waals surface area (Å²) in [5.74, 6) is -0.791. The van der Waals surface area contributed by atoms with E-state index in [9.17, 15) is 17.6 Å². The van der Waals surface area contributed by atoms with Gasteiger partial charge in [0.15, 0.2) is 0 Å². The number of piperazine rings is 1. The van der Waals surface area contributed by atoms with Gasteiger partial charge in [-0.1, -0.05) is 41.9 Å². The highest BCUT2D eigenvalue weighted by Gasteiger charge is 2.29. The van der Waals surface area contributed by atoms with E-state index < -0.39 is 15.8 Å². The monoisotopic (exact) mass is 410 g/mol. The minimum absolute atomic E-state index is 0.0784. The second kappa shape index (κ2) is 8.37. The Morgan fingerprint density at radius 1 is 1.04 bits per heavy atom. The lowest BCUT2D eigenvalue weighted by atomic mass is 10.1. The van der Waals surface area contributed by atoms with Gasteiger partial charge in [0.2, 0.25) is 15.9 Å². The first kappa shape index (κ1) is 19.8. The minimum Gasteiger partial charge on any atom is -0.340 e. The van der Waals surface area contributed by atoms with E-state index in [1.165, 1.54) is 22.5 Å². The van der Waals surface area contributed by atoms with Gasteiger partial charge in [-0.25, -0.2) is 12.8 Å². The predicted octanol–water partition coefficient (Wildman–Crippen LogP) is 2.70. The fourth-order valence-corrected chi connectivity index (χ4v) is 4.77. The molecule has 3 rings (SSSR count). The highest BCUT2D eigenvalue weighted by atomic mass is 35.5. The Kier molecular flexibility index (Phi) is 6.14. The van der Waals surface area contributed by atoms with Crippen molar-refractivity contribution in [1.29, 1.82) is 0 Å². The number of nitrogens with zero attached hydrogens (tertiary/aromatic N) is 2. The molecule has 144 valence electrons. The van der Waals surface area contributed by atoms with Crippen LogP contribution in [0.25, 0.3) is 0 Å². The number of hydrogen-bond donors (Lipinski definition) is 0. The van der Waals surface area contributed by atoms with Gasteiger partial charge in [0.25, 0.3) is 0 Å². The molecule has 1 amide bonds. The Morgan fingerprint density at radius 3 is 2.41 bits per heavy atom. The zero-order valence-corrected chi connectivity index (χ0v) is 16.2. The van der Waals surface area contributed by atoms with Crippen molar-refractivity contribution >= 4 is 27.5 Å². The van der Waals surface area contributed by atoms with Gasteiger partial charge in [-0.15, -0.1) is 0 Å². The molecule has 8 heteroatoms. The number of hydrogen-bond acceptors (Lipinski definition) is 3. The molecule has 0 spiro atoms. The Bertz CT molecular complexity index is 928. The van der Waals surface area contributed by atoms with Crippen LogP contribution in [0.4, 0.5) is 4.39 Å². The van der Waals surface area contributed by atoms with Crippen LogP contribution in [-0.4, -0.2) is 49.7 Å². The van der Waals surface area contributed by atoms with Crippen LogP contribution in [0.3, 0.4) is 0 Å². The van der Waals surface area contributed by atoms with E-state index in [1.54, 1.807) is 29.2 Å². The molecule has 1 aliphatic heterocycles. The summed E-state index contributed by atoms with van der Waals surface area (Å²) in [6.45, 7) is 1.11. The molecule has 0 unspecified atom stereocenters. The lowest BCUT2D eigenvalue weighted by Gasteiger charge is -2.34. The van der Waals surface area contributed by atoms with Gasteiger partial charge in [-0.3, -0.25) is 4.79 Å². The van der Waals surface area contributed by atoms with Crippen molar-refractivity contribution in [3.8, 4) is 0 Å². The Balaban J connectivity index is 1.58. The summed E-state index contributed by atoms with van der Waals surface area (Å²) in [5, 5.41) is 0.544. The van der Waals surface area contributed by atoms with Crippen LogP contribution in [0.5, 0.6) is 0 Å². The summed E-state index contributed by atoms with van der Waals surface area (Å²) in [6.07, 6.45) is 0.190. The van der Waals surface area contributed by atoms with E-state index in [0.717, 1.165) is 5.56 Å². The van der Waals surface area contributed by atoms with Gasteiger partial charge >= 0.3 is 0 Å². The summed E-state index contributed by atoms with van der Waals surface area (Å²) in [6, 6.07) is 12.8. The largest absolute Gasteiger partial charge is 0.340 e. The summed E-state index contributed by atoms with van der Waals surface area (Å²) >= 11 is 6.09. The van der Waals surface area contributed by atoms with Crippen LogP contribution in [-0.2, 0) is 27.0 Å². The quantitative estimate of drug-likeness (QED) is 0.761. The average Bonchev–Trinajstić information content (AvgIpc) is 2.63. The van der Waals surface area contributed by atoms with E-state index in [4.69, 9.17) is 11.6 Å². The van der Waals surface area contributed by atoms with E-state index in [2.05, 4.69) is 0 Å². The van der Waals surface area contributed by atoms with Gasteiger partial charge < -0.3 is 4.90 Å². The third-order valence-corrected chi connectivity index (χ3v) is 6.74. The van der Waals surface area contributed by atoms with Gasteiger partial charge in [0, 0.05) is 31.2 Å². The fourth-order valence-electron chi connectivity index (χ4n) is 3.06. The Morgan fingerprint density at radius 2 is 1.74 bits per heavy atom. The normalized spacial score (nSPS) is 15.7. The third-order valence-electron chi connectivity index (χ3n) is 4.52. The maximum absolute atomic E-state index is 13.3. The molecule has 0 saturated carbocycles. The molecule has 0 bridgehead atoms. The van der Waals surface area contributed by atoms with Crippen molar-refractivity contribution in [2.24, 2.45) is 0 Å². The number of carbonyl (C=O) groups excluding carboxylic acids is 1. The molecular formula is C19H20ClFN2O3S. The zero-order valence-electron chi connectivity index (χ0n) is 14.6. The van der Waals surface area contributed by atoms with Crippen LogP contribution in [0.1, 0.15) is 11.1 Å². The third kappa shape index (κ3) is 5.06. The first-order chi connectivity index (χ1) is 12.8. The highest BCUT2D eigenvalue weighted by molar-refractivity contribution is 7.88. The lowest BCUT2D eigenvalue weighted by Crippen LogP contribution is -2.51. The van der Waals surface area contributed by atoms with Crippen molar-refractivity contribution in [2.75, 3.05) is 26.2 Å². The first-order valence-corrected chi connectivity index (χ1v) is 10.6. The lowest BCUT2D eigenvalue weighted by molar-refractivity contribution is -0.131. The van der Waals surface area contributed by atoms with Gasteiger partial charge in [-0.2, -0.15) is 4.31 Å². The number of sulfonamides is 1. The topological polar surface area (TPSA) is 57.7 Å². The van der Waals surface area contributed by atoms with Crippen molar-refractivity contribution in [3.05, 3.63) is 70.5 Å². The molecule has 1 fully saturated rings. The number of benzene rings is 2. The molecule has 1 saturated heterocycles. The van der Waals surface area contributed by atoms with Crippen molar-refractivity contribution < 1.29 is 17.6 Å². The molecule has 5 nitrogen and oxygen atoms in total. The number of amides is 1. The van der Waals surface area contributed by atoms with Crippen LogP contribution in [0, 0.1) is 5.82 Å². The molecule has 2 aromatic carbocycles. The van der Waals surface area contributed by atoms with Crippen LogP contribution >= 0.6 is 11.6 Å². The second-order valence-electron chi connectivity index (χ2n) is 6.43. The molecule has 0 atom stereocenters. The molecule has 27 heavy (non-hydrogen) atoms. The average molecular weight is 411 g/mol. The summed E-state index contributed by atoms with van der Waals surface area (Å²) in [7, 11) is -3.56. The Hall–Kier alpha value is -1.96. The maximum atomic E-state index is 13.3. The number of rotatable bonds is 5. The molecule has 0 aliphatic carbocycles. The molecule has 1 aliphatic rings. The smallest absolute Gasteiger partial charge is 0.227 e. The van der Waals surface area contributed by atoms with Crippen LogP contribution < -0.4 is 0 Å². The summed E-state index contributed by atoms with van der Waals surface area (Å²) in [4.78, 5) is 14.1. The van der Waals surface area contributed by atoms with Gasteiger partial charge in [0.05, 0.1) is 12.2 Å². The Labute approximate surface area is 163 Å². The molecule has 0 aromatic heterocycles. The standard InChI is InChI=1S/C19H20ClFN2O3S/c20-18-7-2-1-5-16(18)13-19(24)22-8-10-23(11-9-22)27(25,26)14-15-4-3-6-17(21)12-15/h1-7,12H,8-11,13-14H2. The summed E-state index contributed by atoms with van der Waals surface area (Å²) in [5.41, 5.74) is 1.16. The van der Waals surface area contributed by atoms with E-state index >= 15 is 0 Å². The van der Waals surface area contributed by atoms with E-state index in [0.29, 0.717) is 23.7 Å². The molecular weight excluding hydrogens is 391 g/mol. The van der Waals surface area contributed by atoms with Crippen molar-refractivity contribution in [2.45, 2.75) is 12.2 Å². The number of carbonyl (C=O) groups is 1. The predicted molar refractivity (Wildman–Crippen MR) is 102 cm³/mol. The van der Waals surface area contributed by atoms with Crippen LogP contribution in [0.2, 0.25) is 5.02 Å². The fraction of sp³-hybridized carbons (Fsp3) is 0.316. The molecule has 0 N–H and O–H groups in total. The van der Waals surface area contributed by atoms with Gasteiger partial charge in [-0.05, 0) is 29.3 Å². The molecule has 0 radical (unpaired) electrons. The zero-order chi connectivity index (χ0) is 19.4. The van der Waals surface area contributed by atoms with Crippen LogP contribution in [0.15, 0.2) is 48.5 Å².